The number of methoxy groups -OCH3 is 1. The molecule has 1 amide bonds. The molecule has 0 bridgehead atoms. The highest BCUT2D eigenvalue weighted by Crippen LogP contribution is 2.28. The maximum Gasteiger partial charge on any atom is 0.338 e. The highest BCUT2D eigenvalue weighted by molar-refractivity contribution is 5.92. The molecule has 0 aliphatic carbocycles. The van der Waals surface area contributed by atoms with Gasteiger partial charge in [0.25, 0.3) is 5.91 Å². The van der Waals surface area contributed by atoms with Crippen molar-refractivity contribution in [3.8, 4) is 11.5 Å². The number of benzene rings is 2. The van der Waals surface area contributed by atoms with Crippen LogP contribution in [0.5, 0.6) is 11.5 Å². The number of ether oxygens (including phenoxy) is 3. The largest absolute Gasteiger partial charge is 0.493 e. The van der Waals surface area contributed by atoms with Crippen LogP contribution in [0, 0.1) is 5.92 Å². The minimum Gasteiger partial charge on any atom is -0.493 e. The zero-order valence-electron chi connectivity index (χ0n) is 17.3. The van der Waals surface area contributed by atoms with E-state index in [0.717, 1.165) is 12.8 Å². The molecule has 0 spiro atoms. The fraction of sp³-hybridized carbons (Fsp3) is 0.391. The molecule has 0 heterocycles. The molecule has 0 aromatic heterocycles. The third kappa shape index (κ3) is 7.86. The summed E-state index contributed by atoms with van der Waals surface area (Å²) in [5.41, 5.74) is 1.53. The van der Waals surface area contributed by atoms with Gasteiger partial charge in [0.1, 0.15) is 0 Å². The van der Waals surface area contributed by atoms with Crippen LogP contribution < -0.4 is 14.8 Å². The molecule has 6 nitrogen and oxygen atoms in total. The van der Waals surface area contributed by atoms with E-state index in [-0.39, 0.29) is 12.5 Å². The van der Waals surface area contributed by atoms with Crippen LogP contribution in [0.1, 0.15) is 36.2 Å². The number of amides is 1. The lowest BCUT2D eigenvalue weighted by molar-refractivity contribution is -0.124. The first-order chi connectivity index (χ1) is 14.0. The van der Waals surface area contributed by atoms with Gasteiger partial charge in [-0.05, 0) is 42.5 Å². The molecule has 0 radical (unpaired) electrons. The molecule has 156 valence electrons. The zero-order valence-corrected chi connectivity index (χ0v) is 17.3. The van der Waals surface area contributed by atoms with E-state index in [2.05, 4.69) is 17.4 Å². The van der Waals surface area contributed by atoms with Gasteiger partial charge in [-0.2, -0.15) is 0 Å². The van der Waals surface area contributed by atoms with Gasteiger partial charge < -0.3 is 19.5 Å². The highest BCUT2D eigenvalue weighted by Gasteiger charge is 2.14. The number of aryl methyl sites for hydroxylation is 1. The van der Waals surface area contributed by atoms with Crippen molar-refractivity contribution < 1.29 is 23.8 Å². The molecule has 29 heavy (non-hydrogen) atoms. The van der Waals surface area contributed by atoms with Crippen LogP contribution in [0.3, 0.4) is 0 Å². The predicted octanol–water partition coefficient (Wildman–Crippen LogP) is 3.64. The molecule has 0 saturated heterocycles. The second-order valence-corrected chi connectivity index (χ2v) is 7.09. The van der Waals surface area contributed by atoms with Crippen LogP contribution in [-0.2, 0) is 16.0 Å². The van der Waals surface area contributed by atoms with Crippen LogP contribution in [0.2, 0.25) is 0 Å². The van der Waals surface area contributed by atoms with Crippen LogP contribution in [0.15, 0.2) is 48.5 Å². The van der Waals surface area contributed by atoms with Gasteiger partial charge in [0.15, 0.2) is 18.1 Å². The number of hydrogen-bond donors (Lipinski definition) is 1. The van der Waals surface area contributed by atoms with Crippen molar-refractivity contribution in [2.75, 3.05) is 26.9 Å². The van der Waals surface area contributed by atoms with E-state index in [1.54, 1.807) is 18.2 Å². The van der Waals surface area contributed by atoms with Gasteiger partial charge in [-0.1, -0.05) is 44.2 Å². The van der Waals surface area contributed by atoms with E-state index in [4.69, 9.17) is 14.2 Å². The summed E-state index contributed by atoms with van der Waals surface area (Å²) in [5.74, 6) is 0.475. The van der Waals surface area contributed by atoms with Crippen LogP contribution in [0.4, 0.5) is 0 Å². The normalized spacial score (nSPS) is 10.5. The standard InChI is InChI=1S/C23H29NO5/c1-17(2)15-28-20-12-11-19(14-21(20)27-3)23(26)29-16-22(25)24-13-7-10-18-8-5-4-6-9-18/h4-6,8-9,11-12,14,17H,7,10,13,15-16H2,1-3H3,(H,24,25). The van der Waals surface area contributed by atoms with Crippen molar-refractivity contribution in [2.45, 2.75) is 26.7 Å². The number of esters is 1. The Morgan fingerprint density at radius 2 is 1.79 bits per heavy atom. The molecule has 0 aliphatic heterocycles. The SMILES string of the molecule is COc1cc(C(=O)OCC(=O)NCCCc2ccccc2)ccc1OCC(C)C. The van der Waals surface area contributed by atoms with Gasteiger partial charge >= 0.3 is 5.97 Å². The molecular formula is C23H29NO5. The Morgan fingerprint density at radius 3 is 2.48 bits per heavy atom. The Balaban J connectivity index is 1.75. The topological polar surface area (TPSA) is 73.9 Å². The minimum absolute atomic E-state index is 0.302. The van der Waals surface area contributed by atoms with Gasteiger partial charge in [-0.25, -0.2) is 4.79 Å². The van der Waals surface area contributed by atoms with Crippen molar-refractivity contribution in [2.24, 2.45) is 5.92 Å². The van der Waals surface area contributed by atoms with Crippen molar-refractivity contribution in [3.63, 3.8) is 0 Å². The summed E-state index contributed by atoms with van der Waals surface area (Å²) >= 11 is 0. The molecule has 0 unspecified atom stereocenters. The Labute approximate surface area is 172 Å². The van der Waals surface area contributed by atoms with Crippen molar-refractivity contribution >= 4 is 11.9 Å². The Kier molecular flexibility index (Phi) is 9.02. The number of hydrogen-bond acceptors (Lipinski definition) is 5. The van der Waals surface area contributed by atoms with E-state index in [0.29, 0.717) is 36.1 Å². The zero-order chi connectivity index (χ0) is 21.1. The number of nitrogens with one attached hydrogen (secondary N) is 1. The van der Waals surface area contributed by atoms with E-state index >= 15 is 0 Å². The molecule has 6 heteroatoms. The summed E-state index contributed by atoms with van der Waals surface area (Å²) in [4.78, 5) is 24.1. The highest BCUT2D eigenvalue weighted by atomic mass is 16.5. The summed E-state index contributed by atoms with van der Waals surface area (Å²) in [5, 5.41) is 2.76. The summed E-state index contributed by atoms with van der Waals surface area (Å²) in [7, 11) is 1.51. The summed E-state index contributed by atoms with van der Waals surface area (Å²) in [6.45, 7) is 4.85. The minimum atomic E-state index is -0.585. The van der Waals surface area contributed by atoms with E-state index in [1.165, 1.54) is 12.7 Å². The Bertz CT molecular complexity index is 789. The maximum atomic E-state index is 12.2. The third-order valence-electron chi connectivity index (χ3n) is 4.11. The molecule has 2 rings (SSSR count). The van der Waals surface area contributed by atoms with E-state index in [1.807, 2.05) is 32.0 Å². The van der Waals surface area contributed by atoms with Crippen molar-refractivity contribution in [1.82, 2.24) is 5.32 Å². The lowest BCUT2D eigenvalue weighted by atomic mass is 10.1. The number of carbonyl (C=O) groups is 2. The van der Waals surface area contributed by atoms with Gasteiger partial charge in [-0.3, -0.25) is 4.79 Å². The third-order valence-corrected chi connectivity index (χ3v) is 4.11. The first-order valence-corrected chi connectivity index (χ1v) is 9.78. The van der Waals surface area contributed by atoms with Gasteiger partial charge in [0.05, 0.1) is 19.3 Å². The van der Waals surface area contributed by atoms with Crippen molar-refractivity contribution in [3.05, 3.63) is 59.7 Å². The van der Waals surface area contributed by atoms with Crippen molar-refractivity contribution in [1.29, 1.82) is 0 Å². The maximum absolute atomic E-state index is 12.2. The molecule has 2 aromatic carbocycles. The second kappa shape index (κ2) is 11.7. The summed E-state index contributed by atoms with van der Waals surface area (Å²) < 4.78 is 16.0. The second-order valence-electron chi connectivity index (χ2n) is 7.09. The molecule has 2 aromatic rings. The fourth-order valence-corrected chi connectivity index (χ4v) is 2.60. The molecule has 0 aliphatic rings. The molecule has 0 fully saturated rings. The molecule has 1 N–H and O–H groups in total. The fourth-order valence-electron chi connectivity index (χ4n) is 2.60. The Hall–Kier alpha value is -3.02. The number of carbonyl (C=O) groups excluding carboxylic acids is 2. The number of rotatable bonds is 11. The monoisotopic (exact) mass is 399 g/mol. The lowest BCUT2D eigenvalue weighted by Gasteiger charge is -2.13. The summed E-state index contributed by atoms with van der Waals surface area (Å²) in [6, 6.07) is 14.9. The van der Waals surface area contributed by atoms with Crippen LogP contribution in [0.25, 0.3) is 0 Å². The first-order valence-electron chi connectivity index (χ1n) is 9.78. The summed E-state index contributed by atoms with van der Waals surface area (Å²) in [6.07, 6.45) is 1.70. The first kappa shape index (κ1) is 22.3. The molecule has 0 atom stereocenters. The lowest BCUT2D eigenvalue weighted by Crippen LogP contribution is -2.29. The average Bonchev–Trinajstić information content (AvgIpc) is 2.74. The smallest absolute Gasteiger partial charge is 0.338 e. The van der Waals surface area contributed by atoms with Crippen LogP contribution >= 0.6 is 0 Å². The quantitative estimate of drug-likeness (QED) is 0.461. The molecule has 0 saturated carbocycles. The van der Waals surface area contributed by atoms with E-state index < -0.39 is 5.97 Å². The molecular weight excluding hydrogens is 370 g/mol. The van der Waals surface area contributed by atoms with Crippen LogP contribution in [-0.4, -0.2) is 38.7 Å². The van der Waals surface area contributed by atoms with E-state index in [9.17, 15) is 9.59 Å². The average molecular weight is 399 g/mol. The van der Waals surface area contributed by atoms with Gasteiger partial charge in [0, 0.05) is 6.54 Å². The van der Waals surface area contributed by atoms with Gasteiger partial charge in [0.2, 0.25) is 0 Å². The van der Waals surface area contributed by atoms with Gasteiger partial charge in [-0.15, -0.1) is 0 Å². The Morgan fingerprint density at radius 1 is 1.03 bits per heavy atom. The predicted molar refractivity (Wildman–Crippen MR) is 111 cm³/mol.